The number of benzene rings is 1. The summed E-state index contributed by atoms with van der Waals surface area (Å²) in [6.45, 7) is 0. The van der Waals surface area contributed by atoms with Crippen molar-refractivity contribution >= 4 is 17.6 Å². The summed E-state index contributed by atoms with van der Waals surface area (Å²) in [6.07, 6.45) is -3.62. The molecule has 0 fully saturated rings. The quantitative estimate of drug-likeness (QED) is 0.683. The van der Waals surface area contributed by atoms with Crippen molar-refractivity contribution in [3.63, 3.8) is 0 Å². The van der Waals surface area contributed by atoms with Crippen molar-refractivity contribution in [2.45, 2.75) is 6.18 Å². The van der Waals surface area contributed by atoms with E-state index in [9.17, 15) is 22.8 Å². The fourth-order valence-corrected chi connectivity index (χ4v) is 1.33. The van der Waals surface area contributed by atoms with Gasteiger partial charge in [0.25, 0.3) is 0 Å². The largest absolute Gasteiger partial charge is 0.466 e. The molecule has 1 aromatic rings. The van der Waals surface area contributed by atoms with Crippen LogP contribution in [-0.4, -0.2) is 26.2 Å². The molecule has 0 aliphatic heterocycles. The van der Waals surface area contributed by atoms with Crippen LogP contribution in [0.15, 0.2) is 36.0 Å². The summed E-state index contributed by atoms with van der Waals surface area (Å²) in [6, 6.07) is 3.93. The molecule has 0 amide bonds. The third-order valence-electron chi connectivity index (χ3n) is 2.36. The number of nitrogens with one attached hydrogen (secondary N) is 1. The molecule has 8 heteroatoms. The van der Waals surface area contributed by atoms with Gasteiger partial charge in [-0.2, -0.15) is 13.2 Å². The van der Waals surface area contributed by atoms with E-state index in [1.165, 1.54) is 0 Å². The molecule has 114 valence electrons. The van der Waals surface area contributed by atoms with Crippen molar-refractivity contribution in [3.8, 4) is 0 Å². The standard InChI is InChI=1S/C13H12F3NO4/c1-20-11(18)7-10(12(19)21-2)17-9-5-3-8(4-6-9)13(14,15)16/h3-7,17H,1-2H3. The summed E-state index contributed by atoms with van der Waals surface area (Å²) in [7, 11) is 2.22. The molecule has 1 N–H and O–H groups in total. The highest BCUT2D eigenvalue weighted by Crippen LogP contribution is 2.30. The maximum absolute atomic E-state index is 12.4. The number of carbonyl (C=O) groups excluding carboxylic acids is 2. The maximum atomic E-state index is 12.4. The lowest BCUT2D eigenvalue weighted by atomic mass is 10.2. The normalized spacial score (nSPS) is 11.8. The first-order chi connectivity index (χ1) is 9.77. The summed E-state index contributed by atoms with van der Waals surface area (Å²) in [5, 5.41) is 2.49. The van der Waals surface area contributed by atoms with Gasteiger partial charge in [-0.05, 0) is 24.3 Å². The fourth-order valence-electron chi connectivity index (χ4n) is 1.33. The zero-order chi connectivity index (χ0) is 16.0. The lowest BCUT2D eigenvalue weighted by Gasteiger charge is -2.11. The Hall–Kier alpha value is -2.51. The lowest BCUT2D eigenvalue weighted by Crippen LogP contribution is -2.15. The first-order valence-electron chi connectivity index (χ1n) is 5.60. The smallest absolute Gasteiger partial charge is 0.416 e. The highest BCUT2D eigenvalue weighted by atomic mass is 19.4. The minimum atomic E-state index is -4.45. The predicted molar refractivity (Wildman–Crippen MR) is 67.2 cm³/mol. The van der Waals surface area contributed by atoms with Crippen molar-refractivity contribution in [1.29, 1.82) is 0 Å². The van der Waals surface area contributed by atoms with E-state index in [1.54, 1.807) is 0 Å². The zero-order valence-corrected chi connectivity index (χ0v) is 11.2. The molecule has 1 aromatic carbocycles. The van der Waals surface area contributed by atoms with E-state index in [0.29, 0.717) is 0 Å². The second kappa shape index (κ2) is 6.78. The minimum Gasteiger partial charge on any atom is -0.466 e. The summed E-state index contributed by atoms with van der Waals surface area (Å²) in [5.74, 6) is -1.67. The summed E-state index contributed by atoms with van der Waals surface area (Å²) in [5.41, 5.74) is -0.905. The van der Waals surface area contributed by atoms with Crippen LogP contribution in [0.2, 0.25) is 0 Å². The second-order valence-electron chi connectivity index (χ2n) is 3.77. The molecule has 0 atom stereocenters. The van der Waals surface area contributed by atoms with Gasteiger partial charge in [0.1, 0.15) is 5.70 Å². The van der Waals surface area contributed by atoms with Crippen LogP contribution in [0.3, 0.4) is 0 Å². The van der Waals surface area contributed by atoms with E-state index in [2.05, 4.69) is 14.8 Å². The van der Waals surface area contributed by atoms with Crippen LogP contribution in [0.4, 0.5) is 18.9 Å². The topological polar surface area (TPSA) is 64.6 Å². The highest BCUT2D eigenvalue weighted by molar-refractivity contribution is 5.98. The SMILES string of the molecule is COC(=O)C=C(Nc1ccc(C(F)(F)F)cc1)C(=O)OC. The van der Waals surface area contributed by atoms with Gasteiger partial charge in [0.2, 0.25) is 0 Å². The Morgan fingerprint density at radius 1 is 1.10 bits per heavy atom. The lowest BCUT2D eigenvalue weighted by molar-refractivity contribution is -0.138. The molecular formula is C13H12F3NO4. The van der Waals surface area contributed by atoms with Gasteiger partial charge >= 0.3 is 18.1 Å². The number of carbonyl (C=O) groups is 2. The molecule has 0 heterocycles. The molecule has 0 radical (unpaired) electrons. The predicted octanol–water partition coefficient (Wildman–Crippen LogP) is 2.35. The van der Waals surface area contributed by atoms with E-state index in [4.69, 9.17) is 0 Å². The number of halogens is 3. The van der Waals surface area contributed by atoms with Crippen molar-refractivity contribution in [2.24, 2.45) is 0 Å². The Kier molecular flexibility index (Phi) is 5.34. The first kappa shape index (κ1) is 16.5. The van der Waals surface area contributed by atoms with Gasteiger partial charge in [0, 0.05) is 5.69 Å². The molecule has 0 bridgehead atoms. The van der Waals surface area contributed by atoms with Crippen LogP contribution >= 0.6 is 0 Å². The van der Waals surface area contributed by atoms with Gasteiger partial charge in [0.05, 0.1) is 25.9 Å². The number of hydrogen-bond donors (Lipinski definition) is 1. The van der Waals surface area contributed by atoms with E-state index in [0.717, 1.165) is 44.6 Å². The zero-order valence-electron chi connectivity index (χ0n) is 11.2. The number of alkyl halides is 3. The van der Waals surface area contributed by atoms with E-state index >= 15 is 0 Å². The minimum absolute atomic E-state index is 0.184. The Labute approximate surface area is 118 Å². The summed E-state index contributed by atoms with van der Waals surface area (Å²) >= 11 is 0. The first-order valence-corrected chi connectivity index (χ1v) is 5.60. The third-order valence-corrected chi connectivity index (χ3v) is 2.36. The molecule has 5 nitrogen and oxygen atoms in total. The number of hydrogen-bond acceptors (Lipinski definition) is 5. The third kappa shape index (κ3) is 4.83. The van der Waals surface area contributed by atoms with E-state index in [-0.39, 0.29) is 11.4 Å². The number of ether oxygens (including phenoxy) is 2. The van der Waals surface area contributed by atoms with Gasteiger partial charge in [-0.15, -0.1) is 0 Å². The van der Waals surface area contributed by atoms with E-state index in [1.807, 2.05) is 0 Å². The molecule has 0 aromatic heterocycles. The van der Waals surface area contributed by atoms with Gasteiger partial charge in [0.15, 0.2) is 0 Å². The van der Waals surface area contributed by atoms with Gasteiger partial charge in [-0.25, -0.2) is 9.59 Å². The second-order valence-corrected chi connectivity index (χ2v) is 3.77. The monoisotopic (exact) mass is 303 g/mol. The number of rotatable bonds is 4. The molecule has 0 saturated carbocycles. The Bertz CT molecular complexity index is 550. The molecule has 0 aliphatic carbocycles. The van der Waals surface area contributed by atoms with Crippen LogP contribution in [-0.2, 0) is 25.2 Å². The fraction of sp³-hybridized carbons (Fsp3) is 0.231. The summed E-state index contributed by atoms with van der Waals surface area (Å²) < 4.78 is 46.1. The summed E-state index contributed by atoms with van der Waals surface area (Å²) in [4.78, 5) is 22.6. The average molecular weight is 303 g/mol. The van der Waals surface area contributed by atoms with Gasteiger partial charge in [-0.3, -0.25) is 0 Å². The Morgan fingerprint density at radius 3 is 2.10 bits per heavy atom. The number of esters is 2. The maximum Gasteiger partial charge on any atom is 0.416 e. The van der Waals surface area contributed by atoms with Crippen molar-refractivity contribution in [2.75, 3.05) is 19.5 Å². The number of anilines is 1. The van der Waals surface area contributed by atoms with Crippen LogP contribution in [0, 0.1) is 0 Å². The van der Waals surface area contributed by atoms with Gasteiger partial charge in [-0.1, -0.05) is 0 Å². The molecule has 21 heavy (non-hydrogen) atoms. The Balaban J connectivity index is 2.97. The molecule has 0 saturated heterocycles. The van der Waals surface area contributed by atoms with Crippen molar-refractivity contribution < 1.29 is 32.2 Å². The highest BCUT2D eigenvalue weighted by Gasteiger charge is 2.30. The van der Waals surface area contributed by atoms with Crippen molar-refractivity contribution in [3.05, 3.63) is 41.6 Å². The molecule has 1 rings (SSSR count). The molecule has 0 aliphatic rings. The molecular weight excluding hydrogens is 291 g/mol. The van der Waals surface area contributed by atoms with Crippen LogP contribution in [0.25, 0.3) is 0 Å². The Morgan fingerprint density at radius 2 is 1.67 bits per heavy atom. The molecule has 0 unspecified atom stereocenters. The van der Waals surface area contributed by atoms with Crippen molar-refractivity contribution in [1.82, 2.24) is 0 Å². The van der Waals surface area contributed by atoms with Crippen LogP contribution in [0.1, 0.15) is 5.56 Å². The van der Waals surface area contributed by atoms with E-state index < -0.39 is 23.7 Å². The number of methoxy groups -OCH3 is 2. The van der Waals surface area contributed by atoms with Crippen LogP contribution in [0.5, 0.6) is 0 Å². The van der Waals surface area contributed by atoms with Crippen LogP contribution < -0.4 is 5.32 Å². The molecule has 0 spiro atoms. The van der Waals surface area contributed by atoms with Gasteiger partial charge < -0.3 is 14.8 Å². The average Bonchev–Trinajstić information content (AvgIpc) is 2.45.